The lowest BCUT2D eigenvalue weighted by Crippen LogP contribution is -2.31. The van der Waals surface area contributed by atoms with Gasteiger partial charge >= 0.3 is 0 Å². The Morgan fingerprint density at radius 3 is 2.67 bits per heavy atom. The molecule has 7 nitrogen and oxygen atoms in total. The molecular formula is C14H17N5O2. The van der Waals surface area contributed by atoms with Gasteiger partial charge in [-0.05, 0) is 24.3 Å². The average Bonchev–Trinajstić information content (AvgIpc) is 2.90. The number of benzene rings is 1. The van der Waals surface area contributed by atoms with E-state index in [1.807, 2.05) is 43.3 Å². The van der Waals surface area contributed by atoms with Gasteiger partial charge in [-0.2, -0.15) is 5.10 Å². The summed E-state index contributed by atoms with van der Waals surface area (Å²) in [7, 11) is 3.97. The first-order valence-corrected chi connectivity index (χ1v) is 6.89. The molecule has 0 saturated heterocycles. The monoisotopic (exact) mass is 287 g/mol. The summed E-state index contributed by atoms with van der Waals surface area (Å²) < 4.78 is 1.67. The molecule has 0 fully saturated rings. The molecule has 7 heteroatoms. The highest BCUT2D eigenvalue weighted by atomic mass is 16.6. The molecule has 0 aliphatic carbocycles. The zero-order chi connectivity index (χ0) is 15.0. The van der Waals surface area contributed by atoms with Crippen molar-refractivity contribution in [3.05, 3.63) is 40.2 Å². The molecule has 110 valence electrons. The first-order chi connectivity index (χ1) is 10.0. The molecule has 1 aliphatic heterocycles. The summed E-state index contributed by atoms with van der Waals surface area (Å²) in [6.45, 7) is 0.311. The zero-order valence-electron chi connectivity index (χ0n) is 12.1. The average molecular weight is 287 g/mol. The second-order valence-corrected chi connectivity index (χ2v) is 5.45. The Kier molecular flexibility index (Phi) is 3.32. The normalized spacial score (nSPS) is 17.3. The summed E-state index contributed by atoms with van der Waals surface area (Å²) in [5, 5.41) is 15.3. The molecule has 0 radical (unpaired) electrons. The molecule has 0 saturated carbocycles. The van der Waals surface area contributed by atoms with E-state index in [2.05, 4.69) is 10.1 Å². The van der Waals surface area contributed by atoms with Crippen molar-refractivity contribution in [1.29, 1.82) is 0 Å². The molecule has 2 aromatic rings. The molecule has 0 N–H and O–H groups in total. The fourth-order valence-electron chi connectivity index (χ4n) is 2.50. The Labute approximate surface area is 122 Å². The molecule has 1 unspecified atom stereocenters. The fourth-order valence-corrected chi connectivity index (χ4v) is 2.50. The fraction of sp³-hybridized carbons (Fsp3) is 0.429. The van der Waals surface area contributed by atoms with Crippen LogP contribution in [0.1, 0.15) is 12.2 Å². The second kappa shape index (κ2) is 5.16. The number of fused-ring (bicyclic) bond motifs is 1. The van der Waals surface area contributed by atoms with Crippen LogP contribution >= 0.6 is 0 Å². The third-order valence-electron chi connectivity index (χ3n) is 3.77. The summed E-state index contributed by atoms with van der Waals surface area (Å²) in [5.41, 5.74) is 2.04. The Morgan fingerprint density at radius 1 is 1.33 bits per heavy atom. The number of nitrogens with zero attached hydrogens (tertiary/aromatic N) is 5. The van der Waals surface area contributed by atoms with Gasteiger partial charge in [0.05, 0.1) is 0 Å². The van der Waals surface area contributed by atoms with Gasteiger partial charge in [-0.3, -0.25) is 10.1 Å². The van der Waals surface area contributed by atoms with E-state index in [0.717, 1.165) is 17.1 Å². The molecule has 1 aromatic heterocycles. The van der Waals surface area contributed by atoms with E-state index in [0.29, 0.717) is 25.2 Å². The Hall–Kier alpha value is -2.44. The van der Waals surface area contributed by atoms with Gasteiger partial charge in [-0.15, -0.1) is 0 Å². The van der Waals surface area contributed by atoms with E-state index in [4.69, 9.17) is 0 Å². The van der Waals surface area contributed by atoms with Crippen LogP contribution < -0.4 is 4.90 Å². The van der Waals surface area contributed by atoms with Crippen molar-refractivity contribution in [3.63, 3.8) is 0 Å². The summed E-state index contributed by atoms with van der Waals surface area (Å²) >= 11 is 0. The maximum atomic E-state index is 10.9. The number of rotatable bonds is 3. The third-order valence-corrected chi connectivity index (χ3v) is 3.77. The van der Waals surface area contributed by atoms with Crippen molar-refractivity contribution in [2.75, 3.05) is 19.0 Å². The molecule has 0 spiro atoms. The Balaban J connectivity index is 1.86. The maximum absolute atomic E-state index is 10.9. The molecule has 21 heavy (non-hydrogen) atoms. The van der Waals surface area contributed by atoms with Crippen LogP contribution in [-0.2, 0) is 13.0 Å². The second-order valence-electron chi connectivity index (χ2n) is 5.45. The largest absolute Gasteiger partial charge is 0.378 e. The van der Waals surface area contributed by atoms with Gasteiger partial charge in [0.15, 0.2) is 5.82 Å². The minimum atomic E-state index is -0.553. The van der Waals surface area contributed by atoms with Crippen LogP contribution in [0.25, 0.3) is 11.4 Å². The summed E-state index contributed by atoms with van der Waals surface area (Å²) in [4.78, 5) is 17.2. The number of aryl methyl sites for hydroxylation is 1. The van der Waals surface area contributed by atoms with Gasteiger partial charge in [0.25, 0.3) is 0 Å². The SMILES string of the molecule is CN(C)c1ccc(-c2nc3n(n2)CC([N+](=O)[O-])CC3)cc1. The topological polar surface area (TPSA) is 77.1 Å². The number of anilines is 1. The third kappa shape index (κ3) is 2.58. The van der Waals surface area contributed by atoms with Gasteiger partial charge in [-0.1, -0.05) is 0 Å². The first-order valence-electron chi connectivity index (χ1n) is 6.89. The van der Waals surface area contributed by atoms with Gasteiger partial charge < -0.3 is 4.90 Å². The van der Waals surface area contributed by atoms with Crippen molar-refractivity contribution in [2.45, 2.75) is 25.4 Å². The lowest BCUT2D eigenvalue weighted by molar-refractivity contribution is -0.527. The molecule has 0 bridgehead atoms. The van der Waals surface area contributed by atoms with Crippen molar-refractivity contribution >= 4 is 5.69 Å². The molecule has 0 amide bonds. The number of hydrogen-bond acceptors (Lipinski definition) is 5. The van der Waals surface area contributed by atoms with Gasteiger partial charge in [0.1, 0.15) is 12.4 Å². The Bertz CT molecular complexity index is 663. The number of hydrogen-bond donors (Lipinski definition) is 0. The molecule has 1 aromatic carbocycles. The van der Waals surface area contributed by atoms with Crippen LogP contribution in [0.5, 0.6) is 0 Å². The van der Waals surface area contributed by atoms with Gasteiger partial charge in [0, 0.05) is 43.1 Å². The van der Waals surface area contributed by atoms with E-state index in [-0.39, 0.29) is 4.92 Å². The lowest BCUT2D eigenvalue weighted by atomic mass is 10.1. The van der Waals surface area contributed by atoms with E-state index >= 15 is 0 Å². The summed E-state index contributed by atoms with van der Waals surface area (Å²) in [5.74, 6) is 1.47. The van der Waals surface area contributed by atoms with Gasteiger partial charge in [-0.25, -0.2) is 9.67 Å². The van der Waals surface area contributed by atoms with E-state index in [1.165, 1.54) is 0 Å². The van der Waals surface area contributed by atoms with Crippen LogP contribution in [0.15, 0.2) is 24.3 Å². The highest BCUT2D eigenvalue weighted by Crippen LogP contribution is 2.22. The molecule has 1 atom stereocenters. The predicted octanol–water partition coefficient (Wildman–Crippen LogP) is 1.60. The van der Waals surface area contributed by atoms with Crippen molar-refractivity contribution in [2.24, 2.45) is 0 Å². The molecule has 2 heterocycles. The quantitative estimate of drug-likeness (QED) is 0.633. The highest BCUT2D eigenvalue weighted by molar-refractivity contribution is 5.60. The zero-order valence-corrected chi connectivity index (χ0v) is 12.1. The minimum Gasteiger partial charge on any atom is -0.378 e. The summed E-state index contributed by atoms with van der Waals surface area (Å²) in [6.07, 6.45) is 1.14. The van der Waals surface area contributed by atoms with Crippen LogP contribution in [-0.4, -0.2) is 39.8 Å². The van der Waals surface area contributed by atoms with E-state index in [1.54, 1.807) is 4.68 Å². The van der Waals surface area contributed by atoms with Crippen molar-refractivity contribution in [1.82, 2.24) is 14.8 Å². The smallest absolute Gasteiger partial charge is 0.232 e. The number of nitro groups is 1. The Morgan fingerprint density at radius 2 is 2.05 bits per heavy atom. The van der Waals surface area contributed by atoms with Crippen LogP contribution in [0.3, 0.4) is 0 Å². The minimum absolute atomic E-state index is 0.226. The maximum Gasteiger partial charge on any atom is 0.232 e. The first kappa shape index (κ1) is 13.5. The lowest BCUT2D eigenvalue weighted by Gasteiger charge is -2.15. The van der Waals surface area contributed by atoms with Crippen molar-refractivity contribution in [3.8, 4) is 11.4 Å². The van der Waals surface area contributed by atoms with E-state index < -0.39 is 6.04 Å². The highest BCUT2D eigenvalue weighted by Gasteiger charge is 2.29. The van der Waals surface area contributed by atoms with Gasteiger partial charge in [0.2, 0.25) is 6.04 Å². The van der Waals surface area contributed by atoms with E-state index in [9.17, 15) is 10.1 Å². The number of aromatic nitrogens is 3. The standard InChI is InChI=1S/C14H17N5O2/c1-17(2)11-5-3-10(4-6-11)14-15-13-8-7-12(19(20)21)9-18(13)16-14/h3-6,12H,7-9H2,1-2H3. The van der Waals surface area contributed by atoms with Crippen LogP contribution in [0.4, 0.5) is 5.69 Å². The van der Waals surface area contributed by atoms with Crippen molar-refractivity contribution < 1.29 is 4.92 Å². The van der Waals surface area contributed by atoms with Crippen LogP contribution in [0, 0.1) is 10.1 Å². The molecular weight excluding hydrogens is 270 g/mol. The van der Waals surface area contributed by atoms with Crippen LogP contribution in [0.2, 0.25) is 0 Å². The molecule has 3 rings (SSSR count). The predicted molar refractivity (Wildman–Crippen MR) is 78.9 cm³/mol. The summed E-state index contributed by atoms with van der Waals surface area (Å²) in [6, 6.07) is 7.41. The molecule has 1 aliphatic rings.